The van der Waals surface area contributed by atoms with Crippen LogP contribution in [0, 0.1) is 0 Å². The number of sulfonamides is 1. The van der Waals surface area contributed by atoms with E-state index in [9.17, 15) is 13.2 Å². The second kappa shape index (κ2) is 7.80. The van der Waals surface area contributed by atoms with Gasteiger partial charge in [-0.05, 0) is 25.1 Å². The van der Waals surface area contributed by atoms with Crippen molar-refractivity contribution in [1.82, 2.24) is 4.31 Å². The molecule has 1 aromatic carbocycles. The molecule has 1 rings (SSSR count). The largest absolute Gasteiger partial charge is 0.495 e. The highest BCUT2D eigenvalue weighted by Crippen LogP contribution is 2.29. The fraction of sp³-hybridized carbons (Fsp3) is 0.500. The number of halogens is 1. The van der Waals surface area contributed by atoms with Crippen LogP contribution in [-0.2, 0) is 14.8 Å². The van der Waals surface area contributed by atoms with Crippen LogP contribution in [0.2, 0.25) is 0 Å². The Morgan fingerprint density at radius 2 is 1.95 bits per heavy atom. The minimum absolute atomic E-state index is 0.0922. The van der Waals surface area contributed by atoms with Gasteiger partial charge in [-0.3, -0.25) is 4.79 Å². The van der Waals surface area contributed by atoms with Crippen molar-refractivity contribution >= 4 is 33.2 Å². The number of carbonyl (C=O) groups excluding carboxylic acids is 1. The van der Waals surface area contributed by atoms with Crippen molar-refractivity contribution < 1.29 is 17.9 Å². The van der Waals surface area contributed by atoms with Gasteiger partial charge in [0.25, 0.3) is 0 Å². The fourth-order valence-electron chi connectivity index (χ4n) is 1.89. The number of amides is 1. The van der Waals surface area contributed by atoms with E-state index in [1.807, 2.05) is 0 Å². The lowest BCUT2D eigenvalue weighted by atomic mass is 10.3. The lowest BCUT2D eigenvalue weighted by Gasteiger charge is -2.19. The first kappa shape index (κ1) is 18.7. The lowest BCUT2D eigenvalue weighted by Crippen LogP contribution is -2.30. The van der Waals surface area contributed by atoms with Crippen LogP contribution in [0.15, 0.2) is 23.1 Å². The number of hydrogen-bond donors (Lipinski definition) is 1. The molecule has 0 spiro atoms. The maximum absolute atomic E-state index is 12.5. The van der Waals surface area contributed by atoms with Crippen molar-refractivity contribution in [2.75, 3.05) is 25.5 Å². The Morgan fingerprint density at radius 3 is 2.41 bits per heavy atom. The number of methoxy groups -OCH3 is 1. The highest BCUT2D eigenvalue weighted by molar-refractivity contribution is 7.89. The number of nitrogens with zero attached hydrogens (tertiary/aromatic N) is 1. The van der Waals surface area contributed by atoms with Crippen molar-refractivity contribution in [3.8, 4) is 5.75 Å². The molecule has 1 unspecified atom stereocenters. The molecular formula is C14H21ClN2O4S. The molecule has 0 saturated carbocycles. The quantitative estimate of drug-likeness (QED) is 0.767. The molecule has 1 N–H and O–H groups in total. The Morgan fingerprint density at radius 1 is 1.36 bits per heavy atom. The van der Waals surface area contributed by atoms with E-state index in [2.05, 4.69) is 5.32 Å². The van der Waals surface area contributed by atoms with Crippen LogP contribution in [0.3, 0.4) is 0 Å². The van der Waals surface area contributed by atoms with Crippen LogP contribution in [-0.4, -0.2) is 44.2 Å². The summed E-state index contributed by atoms with van der Waals surface area (Å²) in [5.41, 5.74) is 0.272. The zero-order valence-corrected chi connectivity index (χ0v) is 14.7. The van der Waals surface area contributed by atoms with Crippen molar-refractivity contribution in [3.63, 3.8) is 0 Å². The summed E-state index contributed by atoms with van der Waals surface area (Å²) in [5.74, 6) is -0.0680. The molecule has 1 aromatic rings. The lowest BCUT2D eigenvalue weighted by molar-refractivity contribution is -0.115. The first-order valence-corrected chi connectivity index (χ1v) is 8.78. The van der Waals surface area contributed by atoms with Crippen molar-refractivity contribution in [3.05, 3.63) is 18.2 Å². The van der Waals surface area contributed by atoms with E-state index in [4.69, 9.17) is 16.3 Å². The van der Waals surface area contributed by atoms with Gasteiger partial charge in [0.15, 0.2) is 0 Å². The zero-order chi connectivity index (χ0) is 16.9. The monoisotopic (exact) mass is 348 g/mol. The van der Waals surface area contributed by atoms with Gasteiger partial charge in [0.1, 0.15) is 11.1 Å². The third-order valence-electron chi connectivity index (χ3n) is 3.13. The minimum atomic E-state index is -3.61. The van der Waals surface area contributed by atoms with Crippen LogP contribution in [0.5, 0.6) is 5.75 Å². The summed E-state index contributed by atoms with van der Waals surface area (Å²) in [5, 5.41) is 1.83. The number of nitrogens with one attached hydrogen (secondary N) is 1. The molecule has 0 radical (unpaired) electrons. The number of anilines is 1. The van der Waals surface area contributed by atoms with E-state index in [1.165, 1.54) is 36.5 Å². The molecule has 0 bridgehead atoms. The van der Waals surface area contributed by atoms with E-state index < -0.39 is 21.3 Å². The van der Waals surface area contributed by atoms with E-state index in [-0.39, 0.29) is 10.6 Å². The summed E-state index contributed by atoms with van der Waals surface area (Å²) in [4.78, 5) is 11.8. The predicted octanol–water partition coefficient (Wildman–Crippen LogP) is 2.29. The Kier molecular flexibility index (Phi) is 6.65. The molecule has 0 heterocycles. The molecule has 0 aliphatic heterocycles. The van der Waals surface area contributed by atoms with Crippen LogP contribution in [0.4, 0.5) is 5.69 Å². The summed E-state index contributed by atoms with van der Waals surface area (Å²) in [6.45, 7) is 5.79. The van der Waals surface area contributed by atoms with Crippen molar-refractivity contribution in [2.24, 2.45) is 0 Å². The van der Waals surface area contributed by atoms with Gasteiger partial charge in [-0.1, -0.05) is 13.8 Å². The molecule has 0 fully saturated rings. The molecule has 8 heteroatoms. The van der Waals surface area contributed by atoms with Crippen LogP contribution in [0.25, 0.3) is 0 Å². The second-order valence-corrected chi connectivity index (χ2v) is 7.15. The average molecular weight is 349 g/mol. The molecule has 124 valence electrons. The molecule has 1 amide bonds. The molecule has 1 atom stereocenters. The normalized spacial score (nSPS) is 13.0. The van der Waals surface area contributed by atoms with E-state index >= 15 is 0 Å². The summed E-state index contributed by atoms with van der Waals surface area (Å²) in [6, 6.07) is 4.33. The van der Waals surface area contributed by atoms with Crippen molar-refractivity contribution in [1.29, 1.82) is 0 Å². The maximum Gasteiger partial charge on any atom is 0.243 e. The van der Waals surface area contributed by atoms with Crippen LogP contribution in [0.1, 0.15) is 20.8 Å². The van der Waals surface area contributed by atoms with E-state index in [1.54, 1.807) is 13.8 Å². The number of ether oxygens (including phenoxy) is 1. The Bertz CT molecular complexity index is 628. The number of hydrogen-bond acceptors (Lipinski definition) is 4. The van der Waals surface area contributed by atoms with Gasteiger partial charge in [-0.15, -0.1) is 11.6 Å². The van der Waals surface area contributed by atoms with Gasteiger partial charge in [-0.25, -0.2) is 8.42 Å². The average Bonchev–Trinajstić information content (AvgIpc) is 2.47. The van der Waals surface area contributed by atoms with E-state index in [0.29, 0.717) is 18.8 Å². The number of alkyl halides is 1. The number of carbonyl (C=O) groups is 1. The molecule has 0 aliphatic carbocycles. The predicted molar refractivity (Wildman–Crippen MR) is 87.0 cm³/mol. The maximum atomic E-state index is 12.5. The Balaban J connectivity index is 3.28. The third-order valence-corrected chi connectivity index (χ3v) is 5.38. The topological polar surface area (TPSA) is 75.7 Å². The first-order chi connectivity index (χ1) is 10.3. The summed E-state index contributed by atoms with van der Waals surface area (Å²) >= 11 is 5.72. The molecular weight excluding hydrogens is 328 g/mol. The van der Waals surface area contributed by atoms with Gasteiger partial charge in [0.05, 0.1) is 17.7 Å². The van der Waals surface area contributed by atoms with Crippen LogP contribution >= 0.6 is 11.6 Å². The number of rotatable bonds is 7. The third kappa shape index (κ3) is 4.12. The SMILES string of the molecule is CCN(CC)S(=O)(=O)c1ccc(OC)c(NC(=O)C(C)Cl)c1. The van der Waals surface area contributed by atoms with Gasteiger partial charge >= 0.3 is 0 Å². The molecule has 22 heavy (non-hydrogen) atoms. The minimum Gasteiger partial charge on any atom is -0.495 e. The molecule has 0 saturated heterocycles. The van der Waals surface area contributed by atoms with Gasteiger partial charge in [0.2, 0.25) is 15.9 Å². The summed E-state index contributed by atoms with van der Waals surface area (Å²) < 4.78 is 31.5. The van der Waals surface area contributed by atoms with Gasteiger partial charge in [-0.2, -0.15) is 4.31 Å². The summed E-state index contributed by atoms with van der Waals surface area (Å²) in [7, 11) is -2.17. The number of benzene rings is 1. The summed E-state index contributed by atoms with van der Waals surface area (Å²) in [6.07, 6.45) is 0. The zero-order valence-electron chi connectivity index (χ0n) is 13.1. The Hall–Kier alpha value is -1.31. The smallest absolute Gasteiger partial charge is 0.243 e. The molecule has 6 nitrogen and oxygen atoms in total. The van der Waals surface area contributed by atoms with E-state index in [0.717, 1.165) is 0 Å². The first-order valence-electron chi connectivity index (χ1n) is 6.91. The van der Waals surface area contributed by atoms with Crippen LogP contribution < -0.4 is 10.1 Å². The highest BCUT2D eigenvalue weighted by Gasteiger charge is 2.23. The van der Waals surface area contributed by atoms with Gasteiger partial charge in [0, 0.05) is 13.1 Å². The standard InChI is InChI=1S/C14H21ClN2O4S/c1-5-17(6-2)22(19,20)11-7-8-13(21-4)12(9-11)16-14(18)10(3)15/h7-10H,5-6H2,1-4H3,(H,16,18). The van der Waals surface area contributed by atoms with Crippen molar-refractivity contribution in [2.45, 2.75) is 31.0 Å². The highest BCUT2D eigenvalue weighted by atomic mass is 35.5. The Labute approximate surface area is 136 Å². The fourth-order valence-corrected chi connectivity index (χ4v) is 3.43. The molecule has 0 aliphatic rings. The second-order valence-electron chi connectivity index (χ2n) is 4.56. The van der Waals surface area contributed by atoms with Gasteiger partial charge < -0.3 is 10.1 Å². The molecule has 0 aromatic heterocycles.